The van der Waals surface area contributed by atoms with E-state index >= 15 is 0 Å². The molecule has 0 aliphatic heterocycles. The fourth-order valence-corrected chi connectivity index (χ4v) is 5.36. The van der Waals surface area contributed by atoms with Gasteiger partial charge in [-0.3, -0.25) is 0 Å². The Balaban J connectivity index is 1.76. The molecule has 0 unspecified atom stereocenters. The third-order valence-corrected chi connectivity index (χ3v) is 6.57. The molecule has 1 aliphatic rings. The van der Waals surface area contributed by atoms with Crippen molar-refractivity contribution in [2.24, 2.45) is 5.73 Å². The lowest BCUT2D eigenvalue weighted by Crippen LogP contribution is -2.17. The molecule has 0 saturated heterocycles. The number of thiophene rings is 2. The van der Waals surface area contributed by atoms with Crippen molar-refractivity contribution in [2.45, 2.75) is 44.7 Å². The molecule has 3 nitrogen and oxygen atoms in total. The Kier molecular flexibility index (Phi) is 4.52. The van der Waals surface area contributed by atoms with Crippen molar-refractivity contribution in [2.75, 3.05) is 5.32 Å². The minimum Gasteiger partial charge on any atom is -0.379 e. The van der Waals surface area contributed by atoms with Crippen molar-refractivity contribution < 1.29 is 0 Å². The summed E-state index contributed by atoms with van der Waals surface area (Å²) in [6.45, 7) is 2.88. The van der Waals surface area contributed by atoms with E-state index in [1.54, 1.807) is 11.3 Å². The smallest absolute Gasteiger partial charge is 0.131 e. The van der Waals surface area contributed by atoms with Crippen LogP contribution in [0.4, 0.5) is 5.69 Å². The second-order valence-electron chi connectivity index (χ2n) is 6.50. The topological polar surface area (TPSA) is 50.9 Å². The van der Waals surface area contributed by atoms with Gasteiger partial charge in [-0.1, -0.05) is 17.7 Å². The van der Waals surface area contributed by atoms with Crippen molar-refractivity contribution >= 4 is 50.2 Å². The molecule has 3 aromatic heterocycles. The van der Waals surface area contributed by atoms with Gasteiger partial charge in [0.05, 0.1) is 15.9 Å². The molecule has 1 aliphatic carbocycles. The molecule has 0 bridgehead atoms. The monoisotopic (exact) mass is 377 g/mol. The van der Waals surface area contributed by atoms with E-state index < -0.39 is 0 Å². The Hall–Kier alpha value is -1.14. The number of rotatable bonds is 6. The van der Waals surface area contributed by atoms with Gasteiger partial charge >= 0.3 is 0 Å². The number of hydrogen-bond acceptors (Lipinski definition) is 5. The predicted octanol–water partition coefficient (Wildman–Crippen LogP) is 5.39. The molecule has 0 aromatic carbocycles. The minimum absolute atomic E-state index is 0.161. The first-order chi connectivity index (χ1) is 11.6. The van der Waals surface area contributed by atoms with Gasteiger partial charge in [-0.25, -0.2) is 4.98 Å². The van der Waals surface area contributed by atoms with Crippen molar-refractivity contribution in [3.63, 3.8) is 0 Å². The number of pyridine rings is 1. The van der Waals surface area contributed by atoms with E-state index in [1.165, 1.54) is 32.9 Å². The third kappa shape index (κ3) is 3.31. The number of aromatic nitrogens is 1. The molecule has 3 heterocycles. The number of fused-ring (bicyclic) bond motifs is 1. The van der Waals surface area contributed by atoms with Crippen LogP contribution in [-0.4, -0.2) is 11.0 Å². The van der Waals surface area contributed by atoms with Crippen LogP contribution >= 0.6 is 34.3 Å². The third-order valence-electron chi connectivity index (χ3n) is 4.25. The van der Waals surface area contributed by atoms with Crippen LogP contribution in [0.25, 0.3) is 10.2 Å². The normalized spacial score (nSPS) is 15.8. The second-order valence-corrected chi connectivity index (χ2v) is 9.02. The van der Waals surface area contributed by atoms with Gasteiger partial charge < -0.3 is 11.1 Å². The van der Waals surface area contributed by atoms with E-state index in [0.29, 0.717) is 11.1 Å². The average Bonchev–Trinajstić information content (AvgIpc) is 3.09. The zero-order valence-electron chi connectivity index (χ0n) is 13.5. The summed E-state index contributed by atoms with van der Waals surface area (Å²) in [6.07, 6.45) is 3.42. The van der Waals surface area contributed by atoms with Crippen LogP contribution in [0.3, 0.4) is 0 Å². The Labute approximate surface area is 154 Å². The maximum Gasteiger partial charge on any atom is 0.131 e. The number of halogens is 1. The summed E-state index contributed by atoms with van der Waals surface area (Å²) in [4.78, 5) is 7.36. The van der Waals surface area contributed by atoms with E-state index in [9.17, 15) is 0 Å². The lowest BCUT2D eigenvalue weighted by molar-refractivity contribution is 0.741. The van der Waals surface area contributed by atoms with Gasteiger partial charge in [0.1, 0.15) is 5.15 Å². The molecule has 3 aromatic rings. The van der Waals surface area contributed by atoms with Crippen LogP contribution in [0.5, 0.6) is 0 Å². The van der Waals surface area contributed by atoms with Crippen LogP contribution in [0.15, 0.2) is 23.6 Å². The van der Waals surface area contributed by atoms with Crippen molar-refractivity contribution in [3.8, 4) is 0 Å². The van der Waals surface area contributed by atoms with Gasteiger partial charge in [0, 0.05) is 28.4 Å². The highest BCUT2D eigenvalue weighted by Crippen LogP contribution is 2.49. The van der Waals surface area contributed by atoms with Gasteiger partial charge in [-0.2, -0.15) is 0 Å². The number of hydrogen-bond donors (Lipinski definition) is 2. The molecular formula is C18H20ClN3S2. The fourth-order valence-electron chi connectivity index (χ4n) is 3.06. The molecule has 24 heavy (non-hydrogen) atoms. The minimum atomic E-state index is 0.161. The maximum atomic E-state index is 6.33. The summed E-state index contributed by atoms with van der Waals surface area (Å²) in [7, 11) is 0. The van der Waals surface area contributed by atoms with Gasteiger partial charge in [0.25, 0.3) is 0 Å². The summed E-state index contributed by atoms with van der Waals surface area (Å²) in [6, 6.07) is 6.32. The Morgan fingerprint density at radius 2 is 2.29 bits per heavy atom. The highest BCUT2D eigenvalue weighted by atomic mass is 35.5. The Bertz CT molecular complexity index is 851. The fraction of sp³-hybridized carbons (Fsp3) is 0.389. The van der Waals surface area contributed by atoms with E-state index in [1.807, 2.05) is 17.4 Å². The molecule has 3 N–H and O–H groups in total. The highest BCUT2D eigenvalue weighted by Gasteiger charge is 2.31. The number of nitrogens with two attached hydrogens (primary N) is 1. The predicted molar refractivity (Wildman–Crippen MR) is 106 cm³/mol. The molecule has 0 spiro atoms. The molecular weight excluding hydrogens is 358 g/mol. The molecule has 4 rings (SSSR count). The van der Waals surface area contributed by atoms with Gasteiger partial charge in [-0.05, 0) is 49.1 Å². The standard InChI is InChI=1S/C18H20ClN3S2/c1-10(20)7-14-16(11-4-5-11)17-18(24-14)13(8-15(19)22-17)21-9-12-3-2-6-23-12/h2-3,6,8,10-11H,4-5,7,9,20H2,1H3,(H,21,22)/t10-/m0/s1. The maximum absolute atomic E-state index is 6.33. The largest absolute Gasteiger partial charge is 0.379 e. The van der Waals surface area contributed by atoms with Gasteiger partial charge in [0.2, 0.25) is 0 Å². The molecule has 126 valence electrons. The Morgan fingerprint density at radius 3 is 2.96 bits per heavy atom. The van der Waals surface area contributed by atoms with E-state index in [0.717, 1.165) is 24.2 Å². The zero-order chi connectivity index (χ0) is 16.7. The first-order valence-electron chi connectivity index (χ1n) is 8.25. The van der Waals surface area contributed by atoms with Crippen LogP contribution < -0.4 is 11.1 Å². The summed E-state index contributed by atoms with van der Waals surface area (Å²) in [5.41, 5.74) is 9.64. The highest BCUT2D eigenvalue weighted by molar-refractivity contribution is 7.20. The Morgan fingerprint density at radius 1 is 1.46 bits per heavy atom. The molecule has 1 fully saturated rings. The first kappa shape index (κ1) is 16.3. The average molecular weight is 378 g/mol. The van der Waals surface area contributed by atoms with Gasteiger partial charge in [0.15, 0.2) is 0 Å². The van der Waals surface area contributed by atoms with Crippen molar-refractivity contribution in [1.82, 2.24) is 4.98 Å². The van der Waals surface area contributed by atoms with Crippen LogP contribution in [0.2, 0.25) is 5.15 Å². The lowest BCUT2D eigenvalue weighted by Gasteiger charge is -2.07. The number of anilines is 1. The summed E-state index contributed by atoms with van der Waals surface area (Å²) in [5, 5.41) is 6.21. The molecule has 0 radical (unpaired) electrons. The van der Waals surface area contributed by atoms with Crippen LogP contribution in [-0.2, 0) is 13.0 Å². The van der Waals surface area contributed by atoms with Crippen LogP contribution in [0, 0.1) is 0 Å². The molecule has 1 saturated carbocycles. The first-order valence-corrected chi connectivity index (χ1v) is 10.3. The van der Waals surface area contributed by atoms with E-state index in [2.05, 4.69) is 34.7 Å². The zero-order valence-corrected chi connectivity index (χ0v) is 15.9. The van der Waals surface area contributed by atoms with Crippen LogP contribution in [0.1, 0.15) is 41.0 Å². The summed E-state index contributed by atoms with van der Waals surface area (Å²) >= 11 is 9.92. The molecule has 0 amide bonds. The number of nitrogens with zero attached hydrogens (tertiary/aromatic N) is 1. The van der Waals surface area contributed by atoms with E-state index in [4.69, 9.17) is 17.3 Å². The van der Waals surface area contributed by atoms with Gasteiger partial charge in [-0.15, -0.1) is 22.7 Å². The van der Waals surface area contributed by atoms with Crippen molar-refractivity contribution in [1.29, 1.82) is 0 Å². The molecule has 1 atom stereocenters. The SMILES string of the molecule is C[C@H](N)Cc1sc2c(NCc3cccs3)cc(Cl)nc2c1C1CC1. The quantitative estimate of drug-likeness (QED) is 0.566. The lowest BCUT2D eigenvalue weighted by atomic mass is 10.1. The summed E-state index contributed by atoms with van der Waals surface area (Å²) in [5.74, 6) is 0.642. The second kappa shape index (κ2) is 6.64. The molecule has 6 heteroatoms. The van der Waals surface area contributed by atoms with Crippen molar-refractivity contribution in [3.05, 3.63) is 44.1 Å². The van der Waals surface area contributed by atoms with E-state index in [-0.39, 0.29) is 6.04 Å². The summed E-state index contributed by atoms with van der Waals surface area (Å²) < 4.78 is 1.22. The number of nitrogens with one attached hydrogen (secondary N) is 1.